The van der Waals surface area contributed by atoms with Crippen LogP contribution in [0, 0.1) is 0 Å². The molecule has 2 aromatic rings. The zero-order chi connectivity index (χ0) is 25.8. The van der Waals surface area contributed by atoms with Crippen molar-refractivity contribution >= 4 is 12.3 Å². The largest absolute Gasteiger partial charge is 0.509 e. The molecule has 4 rings (SSSR count). The molecule has 0 radical (unpaired) electrons. The number of hydrogen-bond acceptors (Lipinski definition) is 11. The Morgan fingerprint density at radius 2 is 1.36 bits per heavy atom. The molecule has 2 aromatic carbocycles. The molecule has 0 spiro atoms. The van der Waals surface area contributed by atoms with Gasteiger partial charge >= 0.3 is 12.3 Å². The van der Waals surface area contributed by atoms with Gasteiger partial charge in [0.05, 0.1) is 0 Å². The van der Waals surface area contributed by atoms with Gasteiger partial charge in [0.15, 0.2) is 11.2 Å². The third-order valence-corrected chi connectivity index (χ3v) is 6.14. The molecule has 2 aliphatic rings. The molecule has 2 heterocycles. The number of cyclic esters (lactones) is 4. The van der Waals surface area contributed by atoms with E-state index in [9.17, 15) is 19.8 Å². The molecule has 2 fully saturated rings. The predicted molar refractivity (Wildman–Crippen MR) is 125 cm³/mol. The first-order valence-electron chi connectivity index (χ1n) is 11.5. The van der Waals surface area contributed by atoms with Crippen LogP contribution in [0.25, 0.3) is 0 Å². The first kappa shape index (κ1) is 25.5. The Hall–Kier alpha value is -3.54. The standard InChI is InChI=1S/C25H30N2O9/c1-24(14-32-22(30)35-24)21(25(2)15-33-23(31)36-25)34-20(27-12-17-8-4-6-10-19(17)29)13-26-11-16-7-3-5-9-18(16)28/h3-10,20-21,26-29H,11-15H2,1-2H3. The summed E-state index contributed by atoms with van der Waals surface area (Å²) in [5.41, 5.74) is -1.20. The van der Waals surface area contributed by atoms with Crippen LogP contribution in [0.15, 0.2) is 48.5 Å². The summed E-state index contributed by atoms with van der Waals surface area (Å²) in [5.74, 6) is 0.283. The van der Waals surface area contributed by atoms with Gasteiger partial charge in [0.25, 0.3) is 0 Å². The third kappa shape index (κ3) is 5.81. The highest BCUT2D eigenvalue weighted by Gasteiger charge is 2.59. The highest BCUT2D eigenvalue weighted by molar-refractivity contribution is 5.64. The lowest BCUT2D eigenvalue weighted by molar-refractivity contribution is -0.188. The van der Waals surface area contributed by atoms with Crippen LogP contribution in [0.4, 0.5) is 9.59 Å². The third-order valence-electron chi connectivity index (χ3n) is 6.14. The number of para-hydroxylation sites is 2. The number of aromatic hydroxyl groups is 2. The van der Waals surface area contributed by atoms with Crippen molar-refractivity contribution in [1.29, 1.82) is 0 Å². The molecule has 3 unspecified atom stereocenters. The molecule has 4 N–H and O–H groups in total. The lowest BCUT2D eigenvalue weighted by Gasteiger charge is -2.40. The number of phenolic OH excluding ortho intramolecular Hbond substituents is 2. The number of ether oxygens (including phenoxy) is 5. The van der Waals surface area contributed by atoms with E-state index in [1.807, 2.05) is 6.07 Å². The van der Waals surface area contributed by atoms with Crippen molar-refractivity contribution in [1.82, 2.24) is 10.6 Å². The summed E-state index contributed by atoms with van der Waals surface area (Å²) in [4.78, 5) is 23.6. The number of nitrogens with one attached hydrogen (secondary N) is 2. The minimum absolute atomic E-state index is 0.110. The Kier molecular flexibility index (Phi) is 7.53. The molecule has 2 aliphatic heterocycles. The monoisotopic (exact) mass is 502 g/mol. The number of carbonyl (C=O) groups is 2. The normalized spacial score (nSPS) is 24.9. The van der Waals surface area contributed by atoms with Gasteiger partial charge in [-0.25, -0.2) is 9.59 Å². The first-order chi connectivity index (χ1) is 17.2. The van der Waals surface area contributed by atoms with E-state index in [4.69, 9.17) is 23.7 Å². The Bertz CT molecular complexity index is 1060. The van der Waals surface area contributed by atoms with Gasteiger partial charge in [-0.3, -0.25) is 5.32 Å². The number of carbonyl (C=O) groups excluding carboxylic acids is 2. The van der Waals surface area contributed by atoms with Crippen LogP contribution in [0.5, 0.6) is 11.5 Å². The molecular weight excluding hydrogens is 472 g/mol. The number of rotatable bonds is 11. The van der Waals surface area contributed by atoms with Crippen molar-refractivity contribution in [2.75, 3.05) is 19.8 Å². The lowest BCUT2D eigenvalue weighted by Crippen LogP contribution is -2.61. The SMILES string of the molecule is CC1(C(OC(CNCc2ccccc2O)NCc2ccccc2O)C2(C)COC(=O)O2)COC(=O)O1. The van der Waals surface area contributed by atoms with Gasteiger partial charge in [-0.1, -0.05) is 36.4 Å². The van der Waals surface area contributed by atoms with Gasteiger partial charge in [-0.15, -0.1) is 0 Å². The van der Waals surface area contributed by atoms with Crippen molar-refractivity contribution in [2.45, 2.75) is 50.5 Å². The Morgan fingerprint density at radius 1 is 0.861 bits per heavy atom. The molecule has 0 amide bonds. The minimum Gasteiger partial charge on any atom is -0.508 e. The van der Waals surface area contributed by atoms with Gasteiger partial charge in [0, 0.05) is 30.8 Å². The molecule has 36 heavy (non-hydrogen) atoms. The van der Waals surface area contributed by atoms with Gasteiger partial charge < -0.3 is 39.2 Å². The fourth-order valence-corrected chi connectivity index (χ4v) is 4.31. The van der Waals surface area contributed by atoms with Crippen LogP contribution < -0.4 is 10.6 Å². The van der Waals surface area contributed by atoms with Crippen molar-refractivity contribution in [3.63, 3.8) is 0 Å². The van der Waals surface area contributed by atoms with E-state index >= 15 is 0 Å². The maximum absolute atomic E-state index is 11.8. The lowest BCUT2D eigenvalue weighted by atomic mass is 9.86. The molecule has 3 atom stereocenters. The summed E-state index contributed by atoms with van der Waals surface area (Å²) in [6, 6.07) is 13.8. The maximum Gasteiger partial charge on any atom is 0.509 e. The average Bonchev–Trinajstić information content (AvgIpc) is 3.38. The van der Waals surface area contributed by atoms with E-state index < -0.39 is 35.8 Å². The Labute approximate surface area is 208 Å². The topological polar surface area (TPSA) is 145 Å². The van der Waals surface area contributed by atoms with E-state index in [1.54, 1.807) is 56.3 Å². The fraction of sp³-hybridized carbons (Fsp3) is 0.440. The van der Waals surface area contributed by atoms with Crippen molar-refractivity contribution < 1.29 is 43.5 Å². The zero-order valence-corrected chi connectivity index (χ0v) is 20.1. The second-order valence-electron chi connectivity index (χ2n) is 9.18. The number of phenols is 2. The smallest absolute Gasteiger partial charge is 0.508 e. The van der Waals surface area contributed by atoms with Crippen LogP contribution in [0.1, 0.15) is 25.0 Å². The van der Waals surface area contributed by atoms with E-state index in [2.05, 4.69) is 10.6 Å². The van der Waals surface area contributed by atoms with Crippen molar-refractivity contribution in [3.05, 3.63) is 59.7 Å². The second kappa shape index (κ2) is 10.6. The molecule has 2 saturated heterocycles. The fourth-order valence-electron chi connectivity index (χ4n) is 4.31. The Balaban J connectivity index is 1.54. The molecule has 11 heteroatoms. The summed E-state index contributed by atoms with van der Waals surface area (Å²) < 4.78 is 27.4. The van der Waals surface area contributed by atoms with Crippen LogP contribution in [0.2, 0.25) is 0 Å². The molecular formula is C25H30N2O9. The van der Waals surface area contributed by atoms with E-state index in [0.717, 1.165) is 0 Å². The van der Waals surface area contributed by atoms with E-state index in [-0.39, 0.29) is 37.8 Å². The molecule has 0 saturated carbocycles. The minimum atomic E-state index is -1.27. The summed E-state index contributed by atoms with van der Waals surface area (Å²) in [6.45, 7) is 3.89. The van der Waals surface area contributed by atoms with Crippen LogP contribution in [-0.4, -0.2) is 65.8 Å². The molecule has 0 bridgehead atoms. The maximum atomic E-state index is 11.8. The van der Waals surface area contributed by atoms with Crippen LogP contribution in [-0.2, 0) is 36.8 Å². The quantitative estimate of drug-likeness (QED) is 0.266. The second-order valence-corrected chi connectivity index (χ2v) is 9.18. The Morgan fingerprint density at radius 3 is 1.83 bits per heavy atom. The van der Waals surface area contributed by atoms with Crippen LogP contribution >= 0.6 is 0 Å². The van der Waals surface area contributed by atoms with Crippen molar-refractivity contribution in [2.24, 2.45) is 0 Å². The van der Waals surface area contributed by atoms with Gasteiger partial charge in [-0.05, 0) is 26.0 Å². The van der Waals surface area contributed by atoms with Crippen LogP contribution in [0.3, 0.4) is 0 Å². The summed E-state index contributed by atoms with van der Waals surface area (Å²) in [5, 5.41) is 26.7. The average molecular weight is 503 g/mol. The van der Waals surface area contributed by atoms with E-state index in [0.29, 0.717) is 17.7 Å². The zero-order valence-electron chi connectivity index (χ0n) is 20.1. The first-order valence-corrected chi connectivity index (χ1v) is 11.5. The van der Waals surface area contributed by atoms with Gasteiger partial charge in [-0.2, -0.15) is 0 Å². The molecule has 11 nitrogen and oxygen atoms in total. The summed E-state index contributed by atoms with van der Waals surface area (Å²) >= 11 is 0. The van der Waals surface area contributed by atoms with Gasteiger partial charge in [0.2, 0.25) is 0 Å². The highest BCUT2D eigenvalue weighted by atomic mass is 16.8. The summed E-state index contributed by atoms with van der Waals surface area (Å²) in [6.07, 6.45) is -3.39. The van der Waals surface area contributed by atoms with Gasteiger partial charge in [0.1, 0.15) is 37.0 Å². The number of hydrogen-bond donors (Lipinski definition) is 4. The summed E-state index contributed by atoms with van der Waals surface area (Å²) in [7, 11) is 0. The molecule has 194 valence electrons. The molecule has 0 aromatic heterocycles. The predicted octanol–water partition coefficient (Wildman–Crippen LogP) is 2.54. The highest BCUT2D eigenvalue weighted by Crippen LogP contribution is 2.37. The number of benzene rings is 2. The van der Waals surface area contributed by atoms with E-state index in [1.165, 1.54) is 0 Å². The molecule has 0 aliphatic carbocycles. The van der Waals surface area contributed by atoms with Crippen molar-refractivity contribution in [3.8, 4) is 11.5 Å².